The van der Waals surface area contributed by atoms with Crippen LogP contribution in [0.4, 0.5) is 0 Å². The van der Waals surface area contributed by atoms with Gasteiger partial charge in [0.25, 0.3) is 0 Å². The van der Waals surface area contributed by atoms with Crippen molar-refractivity contribution in [3.05, 3.63) is 0 Å². The molecule has 10 heavy (non-hydrogen) atoms. The van der Waals surface area contributed by atoms with Crippen LogP contribution in [0.25, 0.3) is 0 Å². The Labute approximate surface area is 62.3 Å². The molecule has 0 radical (unpaired) electrons. The maximum Gasteiger partial charge on any atom is 0.306 e. The maximum absolute atomic E-state index is 10.5. The molecule has 5 heteroatoms. The molecule has 0 aliphatic heterocycles. The molecule has 0 spiro atoms. The number of rotatable bonds is 4. The second-order valence-electron chi connectivity index (χ2n) is 1.64. The van der Waals surface area contributed by atoms with Crippen molar-refractivity contribution in [3.8, 4) is 0 Å². The molecule has 0 rings (SSSR count). The molecule has 2 N–H and O–H groups in total. The van der Waals surface area contributed by atoms with Crippen LogP contribution in [0, 0.1) is 0 Å². The Kier molecular flexibility index (Phi) is 5.15. The van der Waals surface area contributed by atoms with Crippen LogP contribution >= 0.6 is 0 Å². The molecule has 0 amide bonds. The number of esters is 1. The summed E-state index contributed by atoms with van der Waals surface area (Å²) in [6.45, 7) is 2.08. The molecule has 60 valence electrons. The fourth-order valence-corrected chi connectivity index (χ4v) is 0.785. The fourth-order valence-electron chi connectivity index (χ4n) is 0.417. The number of carbonyl (C=O) groups is 1. The van der Waals surface area contributed by atoms with Gasteiger partial charge in [0.1, 0.15) is 0 Å². The lowest BCUT2D eigenvalue weighted by molar-refractivity contribution is -0.142. The van der Waals surface area contributed by atoms with Gasteiger partial charge < -0.3 is 4.74 Å². The van der Waals surface area contributed by atoms with E-state index >= 15 is 0 Å². The molecule has 0 saturated heterocycles. The van der Waals surface area contributed by atoms with Crippen molar-refractivity contribution in [3.63, 3.8) is 0 Å². The Morgan fingerprint density at radius 3 is 2.70 bits per heavy atom. The molecule has 1 unspecified atom stereocenters. The van der Waals surface area contributed by atoms with Crippen LogP contribution in [-0.2, 0) is 20.5 Å². The third-order valence-corrected chi connectivity index (χ3v) is 1.42. The monoisotopic (exact) mass is 165 g/mol. The quantitative estimate of drug-likeness (QED) is 0.574. The van der Waals surface area contributed by atoms with Gasteiger partial charge in [0, 0.05) is 5.75 Å². The van der Waals surface area contributed by atoms with Crippen LogP contribution in [0.1, 0.15) is 13.3 Å². The molecule has 0 bridgehead atoms. The lowest BCUT2D eigenvalue weighted by Crippen LogP contribution is -2.13. The summed E-state index contributed by atoms with van der Waals surface area (Å²) in [7, 11) is -1.39. The first-order valence-corrected chi connectivity index (χ1v) is 4.33. The SMILES string of the molecule is CCOC(=O)CCS(N)=O. The zero-order valence-electron chi connectivity index (χ0n) is 5.83. The summed E-state index contributed by atoms with van der Waals surface area (Å²) < 4.78 is 14.8. The molecule has 1 atom stereocenters. The van der Waals surface area contributed by atoms with Gasteiger partial charge in [0.05, 0.1) is 24.0 Å². The molecule has 0 heterocycles. The molecule has 0 aromatic carbocycles. The molecule has 0 aliphatic carbocycles. The van der Waals surface area contributed by atoms with E-state index in [-0.39, 0.29) is 18.1 Å². The van der Waals surface area contributed by atoms with E-state index in [1.165, 1.54) is 0 Å². The second kappa shape index (κ2) is 5.37. The molecular weight excluding hydrogens is 154 g/mol. The summed E-state index contributed by atoms with van der Waals surface area (Å²) >= 11 is 0. The predicted octanol–water partition coefficient (Wildman–Crippen LogP) is -0.438. The van der Waals surface area contributed by atoms with Gasteiger partial charge in [-0.1, -0.05) is 0 Å². The zero-order chi connectivity index (χ0) is 7.98. The smallest absolute Gasteiger partial charge is 0.306 e. The van der Waals surface area contributed by atoms with E-state index in [0.717, 1.165) is 0 Å². The van der Waals surface area contributed by atoms with Crippen molar-refractivity contribution in [1.82, 2.24) is 0 Å². The van der Waals surface area contributed by atoms with Gasteiger partial charge in [-0.05, 0) is 6.92 Å². The summed E-state index contributed by atoms with van der Waals surface area (Å²) in [5.41, 5.74) is 0. The first-order chi connectivity index (χ1) is 4.66. The Balaban J connectivity index is 3.30. The molecule has 0 fully saturated rings. The van der Waals surface area contributed by atoms with Gasteiger partial charge in [-0.2, -0.15) is 0 Å². The molecule has 0 saturated carbocycles. The van der Waals surface area contributed by atoms with E-state index in [1.807, 2.05) is 0 Å². The highest BCUT2D eigenvalue weighted by atomic mass is 32.2. The van der Waals surface area contributed by atoms with Crippen molar-refractivity contribution >= 4 is 17.0 Å². The van der Waals surface area contributed by atoms with Gasteiger partial charge >= 0.3 is 5.97 Å². The van der Waals surface area contributed by atoms with E-state index in [9.17, 15) is 9.00 Å². The number of ether oxygens (including phenoxy) is 1. The predicted molar refractivity (Wildman–Crippen MR) is 38.4 cm³/mol. The minimum atomic E-state index is -1.39. The van der Waals surface area contributed by atoms with Crippen molar-refractivity contribution in [2.24, 2.45) is 5.14 Å². The van der Waals surface area contributed by atoms with E-state index in [0.29, 0.717) is 6.61 Å². The first kappa shape index (κ1) is 9.58. The highest BCUT2D eigenvalue weighted by Crippen LogP contribution is 1.86. The zero-order valence-corrected chi connectivity index (χ0v) is 6.65. The second-order valence-corrected chi connectivity index (χ2v) is 2.81. The molecule has 0 aliphatic rings. The lowest BCUT2D eigenvalue weighted by atomic mass is 10.5. The summed E-state index contributed by atoms with van der Waals surface area (Å²) in [5.74, 6) is -0.167. The highest BCUT2D eigenvalue weighted by Gasteiger charge is 2.01. The summed E-state index contributed by atoms with van der Waals surface area (Å²) in [6.07, 6.45) is 0.136. The van der Waals surface area contributed by atoms with Crippen LogP contribution < -0.4 is 5.14 Å². The molecule has 0 aromatic rings. The van der Waals surface area contributed by atoms with Gasteiger partial charge in [-0.15, -0.1) is 0 Å². The van der Waals surface area contributed by atoms with Gasteiger partial charge in [0.2, 0.25) is 0 Å². The maximum atomic E-state index is 10.5. The number of hydrogen-bond acceptors (Lipinski definition) is 3. The third kappa shape index (κ3) is 5.71. The Hall–Kier alpha value is -0.420. The van der Waals surface area contributed by atoms with Crippen molar-refractivity contribution in [2.45, 2.75) is 13.3 Å². The number of nitrogens with two attached hydrogens (primary N) is 1. The topological polar surface area (TPSA) is 69.4 Å². The standard InChI is InChI=1S/C5H11NO3S/c1-2-9-5(7)3-4-10(6)8/h2-4,6H2,1H3. The molecular formula is C5H11NO3S. The minimum absolute atomic E-state index is 0.136. The van der Waals surface area contributed by atoms with Crippen LogP contribution in [0.5, 0.6) is 0 Å². The van der Waals surface area contributed by atoms with Crippen molar-refractivity contribution < 1.29 is 13.7 Å². The molecule has 4 nitrogen and oxygen atoms in total. The van der Waals surface area contributed by atoms with Crippen LogP contribution in [0.2, 0.25) is 0 Å². The first-order valence-electron chi connectivity index (χ1n) is 2.95. The fraction of sp³-hybridized carbons (Fsp3) is 0.800. The summed E-state index contributed by atoms with van der Waals surface area (Å²) in [4.78, 5) is 10.5. The largest absolute Gasteiger partial charge is 0.466 e. The van der Waals surface area contributed by atoms with Crippen molar-refractivity contribution in [1.29, 1.82) is 0 Å². The summed E-state index contributed by atoms with van der Waals surface area (Å²) in [6, 6.07) is 0. The third-order valence-electron chi connectivity index (χ3n) is 0.813. The molecule has 0 aromatic heterocycles. The van der Waals surface area contributed by atoms with Crippen LogP contribution in [-0.4, -0.2) is 22.5 Å². The normalized spacial score (nSPS) is 12.6. The van der Waals surface area contributed by atoms with Gasteiger partial charge in [-0.25, -0.2) is 4.21 Å². The van der Waals surface area contributed by atoms with E-state index in [2.05, 4.69) is 4.74 Å². The van der Waals surface area contributed by atoms with Crippen molar-refractivity contribution in [2.75, 3.05) is 12.4 Å². The number of carbonyl (C=O) groups excluding carboxylic acids is 1. The Morgan fingerprint density at radius 1 is 1.70 bits per heavy atom. The van der Waals surface area contributed by atoms with E-state index in [4.69, 9.17) is 5.14 Å². The minimum Gasteiger partial charge on any atom is -0.466 e. The summed E-state index contributed by atoms with van der Waals surface area (Å²) in [5, 5.41) is 4.90. The Morgan fingerprint density at radius 2 is 2.30 bits per heavy atom. The van der Waals surface area contributed by atoms with Crippen LogP contribution in [0.3, 0.4) is 0 Å². The lowest BCUT2D eigenvalue weighted by Gasteiger charge is -1.98. The van der Waals surface area contributed by atoms with E-state index < -0.39 is 11.0 Å². The van der Waals surface area contributed by atoms with Crippen LogP contribution in [0.15, 0.2) is 0 Å². The van der Waals surface area contributed by atoms with Gasteiger partial charge in [0.15, 0.2) is 0 Å². The van der Waals surface area contributed by atoms with Gasteiger partial charge in [-0.3, -0.25) is 9.93 Å². The highest BCUT2D eigenvalue weighted by molar-refractivity contribution is 7.82. The van der Waals surface area contributed by atoms with E-state index in [1.54, 1.807) is 6.92 Å². The average molecular weight is 165 g/mol. The Bertz CT molecular complexity index is 137. The number of hydrogen-bond donors (Lipinski definition) is 1. The average Bonchev–Trinajstić information content (AvgIpc) is 1.85.